The minimum Gasteiger partial charge on any atom is -0.480 e. The summed E-state index contributed by atoms with van der Waals surface area (Å²) in [6.45, 7) is 5.65. The van der Waals surface area contributed by atoms with E-state index in [-0.39, 0.29) is 10.6 Å². The maximum absolute atomic E-state index is 12.2. The normalized spacial score (nSPS) is 13.3. The molecule has 1 atom stereocenters. The molecule has 0 N–H and O–H groups in total. The van der Waals surface area contributed by atoms with E-state index >= 15 is 0 Å². The van der Waals surface area contributed by atoms with Gasteiger partial charge >= 0.3 is 0 Å². The molecule has 1 aromatic heterocycles. The van der Waals surface area contributed by atoms with Gasteiger partial charge in [0, 0.05) is 10.8 Å². The van der Waals surface area contributed by atoms with Crippen LogP contribution in [-0.4, -0.2) is 33.4 Å². The van der Waals surface area contributed by atoms with Gasteiger partial charge in [0.2, 0.25) is 11.8 Å². The SMILES string of the molecule is COc1cc([S@@](=O)C(C)(C)C)c(OC)nn1. The molecule has 0 radical (unpaired) electrons. The predicted octanol–water partition coefficient (Wildman–Crippen LogP) is 1.40. The van der Waals surface area contributed by atoms with Gasteiger partial charge in [0.15, 0.2) is 0 Å². The Morgan fingerprint density at radius 2 is 1.81 bits per heavy atom. The molecule has 1 heterocycles. The van der Waals surface area contributed by atoms with Gasteiger partial charge in [-0.05, 0) is 20.8 Å². The molecule has 0 spiro atoms. The zero-order valence-electron chi connectivity index (χ0n) is 10.1. The van der Waals surface area contributed by atoms with E-state index in [1.165, 1.54) is 14.2 Å². The first-order valence-electron chi connectivity index (χ1n) is 4.77. The van der Waals surface area contributed by atoms with Crippen LogP contribution in [0.4, 0.5) is 0 Å². The Morgan fingerprint density at radius 3 is 2.25 bits per heavy atom. The molecule has 0 bridgehead atoms. The molecule has 0 aliphatic carbocycles. The van der Waals surface area contributed by atoms with Crippen molar-refractivity contribution in [1.29, 1.82) is 0 Å². The zero-order chi connectivity index (χ0) is 12.3. The summed E-state index contributed by atoms with van der Waals surface area (Å²) in [6, 6.07) is 1.59. The lowest BCUT2D eigenvalue weighted by Gasteiger charge is -2.18. The predicted molar refractivity (Wildman–Crippen MR) is 61.3 cm³/mol. The van der Waals surface area contributed by atoms with Crippen LogP contribution in [0.1, 0.15) is 20.8 Å². The smallest absolute Gasteiger partial charge is 0.249 e. The summed E-state index contributed by atoms with van der Waals surface area (Å²) in [7, 11) is 1.73. The van der Waals surface area contributed by atoms with E-state index in [0.29, 0.717) is 10.8 Å². The molecule has 1 aromatic rings. The highest BCUT2D eigenvalue weighted by atomic mass is 32.2. The van der Waals surface area contributed by atoms with Crippen molar-refractivity contribution in [1.82, 2.24) is 10.2 Å². The minimum atomic E-state index is -1.23. The van der Waals surface area contributed by atoms with Gasteiger partial charge in [-0.1, -0.05) is 0 Å². The zero-order valence-corrected chi connectivity index (χ0v) is 10.9. The summed E-state index contributed by atoms with van der Waals surface area (Å²) in [5, 5.41) is 7.57. The topological polar surface area (TPSA) is 61.3 Å². The van der Waals surface area contributed by atoms with Crippen LogP contribution < -0.4 is 9.47 Å². The van der Waals surface area contributed by atoms with Crippen molar-refractivity contribution in [2.75, 3.05) is 14.2 Å². The molecule has 1 rings (SSSR count). The maximum atomic E-state index is 12.2. The number of ether oxygens (including phenoxy) is 2. The van der Waals surface area contributed by atoms with Crippen LogP contribution in [-0.2, 0) is 10.8 Å². The largest absolute Gasteiger partial charge is 0.480 e. The highest BCUT2D eigenvalue weighted by Gasteiger charge is 2.26. The van der Waals surface area contributed by atoms with Crippen molar-refractivity contribution in [3.8, 4) is 11.8 Å². The van der Waals surface area contributed by atoms with Gasteiger partial charge in [-0.15, -0.1) is 10.2 Å². The fraction of sp³-hybridized carbons (Fsp3) is 0.600. The van der Waals surface area contributed by atoms with Crippen LogP contribution >= 0.6 is 0 Å². The maximum Gasteiger partial charge on any atom is 0.249 e. The molecule has 0 saturated heterocycles. The number of nitrogens with zero attached hydrogens (tertiary/aromatic N) is 2. The van der Waals surface area contributed by atoms with Crippen molar-refractivity contribution < 1.29 is 13.7 Å². The third kappa shape index (κ3) is 2.69. The molecule has 0 aliphatic heterocycles. The fourth-order valence-corrected chi connectivity index (χ4v) is 2.20. The first kappa shape index (κ1) is 12.9. The minimum absolute atomic E-state index is 0.272. The van der Waals surface area contributed by atoms with Crippen LogP contribution in [0, 0.1) is 0 Å². The summed E-state index contributed by atoms with van der Waals surface area (Å²) in [6.07, 6.45) is 0. The van der Waals surface area contributed by atoms with Crippen molar-refractivity contribution in [2.45, 2.75) is 30.4 Å². The van der Waals surface area contributed by atoms with Crippen LogP contribution in [0.2, 0.25) is 0 Å². The van der Waals surface area contributed by atoms with E-state index in [1.807, 2.05) is 20.8 Å². The molecular weight excluding hydrogens is 228 g/mol. The summed E-state index contributed by atoms with van der Waals surface area (Å²) < 4.78 is 21.8. The second-order valence-electron chi connectivity index (χ2n) is 4.14. The van der Waals surface area contributed by atoms with Crippen LogP contribution in [0.3, 0.4) is 0 Å². The third-order valence-electron chi connectivity index (χ3n) is 1.86. The summed E-state index contributed by atoms with van der Waals surface area (Å²) in [4.78, 5) is 0.502. The van der Waals surface area contributed by atoms with E-state index < -0.39 is 10.8 Å². The molecular formula is C10H16N2O3S. The Hall–Kier alpha value is -1.17. The third-order valence-corrected chi connectivity index (χ3v) is 3.67. The summed E-state index contributed by atoms with van der Waals surface area (Å²) >= 11 is 0. The van der Waals surface area contributed by atoms with E-state index in [1.54, 1.807) is 6.07 Å². The number of aromatic nitrogens is 2. The molecule has 90 valence electrons. The molecule has 0 aliphatic rings. The van der Waals surface area contributed by atoms with Gasteiger partial charge in [-0.3, -0.25) is 4.21 Å². The lowest BCUT2D eigenvalue weighted by atomic mass is 10.3. The molecule has 0 amide bonds. The molecule has 5 nitrogen and oxygen atoms in total. The molecule has 6 heteroatoms. The molecule has 0 aromatic carbocycles. The van der Waals surface area contributed by atoms with Crippen molar-refractivity contribution in [3.63, 3.8) is 0 Å². The first-order valence-corrected chi connectivity index (χ1v) is 5.92. The molecule has 0 fully saturated rings. The summed E-state index contributed by atoms with van der Waals surface area (Å²) in [5.41, 5.74) is 0. The molecule has 0 unspecified atom stereocenters. The van der Waals surface area contributed by atoms with Gasteiger partial charge in [0.05, 0.1) is 25.0 Å². The van der Waals surface area contributed by atoms with Gasteiger partial charge in [0.1, 0.15) is 4.90 Å². The Labute approximate surface area is 97.6 Å². The Morgan fingerprint density at radius 1 is 1.19 bits per heavy atom. The van der Waals surface area contributed by atoms with Gasteiger partial charge < -0.3 is 9.47 Å². The number of rotatable bonds is 3. The van der Waals surface area contributed by atoms with Gasteiger partial charge in [-0.25, -0.2) is 0 Å². The summed E-state index contributed by atoms with van der Waals surface area (Å²) in [5.74, 6) is 0.599. The average Bonchev–Trinajstić information content (AvgIpc) is 2.25. The van der Waals surface area contributed by atoms with E-state index in [2.05, 4.69) is 10.2 Å². The van der Waals surface area contributed by atoms with Crippen LogP contribution in [0.25, 0.3) is 0 Å². The fourth-order valence-electron chi connectivity index (χ4n) is 1.05. The van der Waals surface area contributed by atoms with E-state index in [0.717, 1.165) is 0 Å². The highest BCUT2D eigenvalue weighted by Crippen LogP contribution is 2.28. The number of methoxy groups -OCH3 is 2. The number of hydrogen-bond acceptors (Lipinski definition) is 5. The van der Waals surface area contributed by atoms with E-state index in [4.69, 9.17) is 9.47 Å². The highest BCUT2D eigenvalue weighted by molar-refractivity contribution is 7.86. The quantitative estimate of drug-likeness (QED) is 0.804. The van der Waals surface area contributed by atoms with Crippen molar-refractivity contribution >= 4 is 10.8 Å². The standard InChI is InChI=1S/C10H16N2O3S/c1-10(2,3)16(13)7-6-8(14-4)11-12-9(7)15-5/h6H,1-5H3/t16-/m1/s1. The lowest BCUT2D eigenvalue weighted by Crippen LogP contribution is -2.22. The average molecular weight is 244 g/mol. The Kier molecular flexibility index (Phi) is 3.85. The molecule has 0 saturated carbocycles. The van der Waals surface area contributed by atoms with Crippen LogP contribution in [0.15, 0.2) is 11.0 Å². The van der Waals surface area contributed by atoms with Crippen molar-refractivity contribution in [2.24, 2.45) is 0 Å². The Bertz CT molecular complexity index is 402. The molecule has 16 heavy (non-hydrogen) atoms. The van der Waals surface area contributed by atoms with E-state index in [9.17, 15) is 4.21 Å². The first-order chi connectivity index (χ1) is 7.40. The van der Waals surface area contributed by atoms with Crippen LogP contribution in [0.5, 0.6) is 11.8 Å². The Balaban J connectivity index is 3.24. The van der Waals surface area contributed by atoms with Crippen molar-refractivity contribution in [3.05, 3.63) is 6.07 Å². The lowest BCUT2D eigenvalue weighted by molar-refractivity contribution is 0.357. The second-order valence-corrected chi connectivity index (χ2v) is 6.34. The second kappa shape index (κ2) is 4.78. The number of hydrogen-bond donors (Lipinski definition) is 0. The van der Waals surface area contributed by atoms with Gasteiger partial charge in [-0.2, -0.15) is 0 Å². The monoisotopic (exact) mass is 244 g/mol. The van der Waals surface area contributed by atoms with Gasteiger partial charge in [0.25, 0.3) is 0 Å².